The van der Waals surface area contributed by atoms with Crippen molar-refractivity contribution in [3.63, 3.8) is 0 Å². The van der Waals surface area contributed by atoms with Gasteiger partial charge in [-0.25, -0.2) is 4.98 Å². The van der Waals surface area contributed by atoms with E-state index in [1.165, 1.54) is 10.9 Å². The Morgan fingerprint density at radius 3 is 3.16 bits per heavy atom. The first-order chi connectivity index (χ1) is 9.33. The Kier molecular flexibility index (Phi) is 3.29. The maximum Gasteiger partial charge on any atom is 0.137 e. The summed E-state index contributed by atoms with van der Waals surface area (Å²) in [6.45, 7) is 3.86. The largest absolute Gasteiger partial charge is 0.346 e. The summed E-state index contributed by atoms with van der Waals surface area (Å²) in [6.07, 6.45) is 7.60. The molecule has 0 aliphatic heterocycles. The van der Waals surface area contributed by atoms with E-state index < -0.39 is 0 Å². The Morgan fingerprint density at radius 1 is 1.37 bits per heavy atom. The minimum atomic E-state index is 0.363. The molecule has 5 heteroatoms. The first kappa shape index (κ1) is 11.9. The zero-order chi connectivity index (χ0) is 13.1. The van der Waals surface area contributed by atoms with E-state index in [0.29, 0.717) is 6.04 Å². The topological polar surface area (TPSA) is 58.5 Å². The molecule has 1 unspecified atom stereocenters. The van der Waals surface area contributed by atoms with Gasteiger partial charge in [0.2, 0.25) is 0 Å². The summed E-state index contributed by atoms with van der Waals surface area (Å²) in [5, 5.41) is 8.90. The molecule has 19 heavy (non-hydrogen) atoms. The summed E-state index contributed by atoms with van der Waals surface area (Å²) in [7, 11) is 0. The highest BCUT2D eigenvalue weighted by Crippen LogP contribution is 2.15. The van der Waals surface area contributed by atoms with Gasteiger partial charge >= 0.3 is 0 Å². The summed E-state index contributed by atoms with van der Waals surface area (Å²) in [5.74, 6) is 0. The van der Waals surface area contributed by atoms with Crippen molar-refractivity contribution in [1.29, 1.82) is 0 Å². The van der Waals surface area contributed by atoms with Crippen LogP contribution in [-0.4, -0.2) is 25.8 Å². The molecule has 0 aliphatic rings. The van der Waals surface area contributed by atoms with Crippen molar-refractivity contribution in [2.75, 3.05) is 0 Å². The number of nitrogens with zero attached hydrogens (tertiary/aromatic N) is 3. The number of pyridine rings is 1. The van der Waals surface area contributed by atoms with E-state index in [9.17, 15) is 0 Å². The van der Waals surface area contributed by atoms with Gasteiger partial charge in [-0.15, -0.1) is 0 Å². The number of aromatic nitrogens is 4. The molecule has 2 N–H and O–H groups in total. The van der Waals surface area contributed by atoms with Crippen LogP contribution in [0.2, 0.25) is 0 Å². The first-order valence-corrected chi connectivity index (χ1v) is 6.45. The molecule has 3 heterocycles. The third-order valence-electron chi connectivity index (χ3n) is 3.20. The minimum absolute atomic E-state index is 0.363. The quantitative estimate of drug-likeness (QED) is 0.732. The molecule has 98 valence electrons. The lowest BCUT2D eigenvalue weighted by Gasteiger charge is -2.13. The van der Waals surface area contributed by atoms with Crippen LogP contribution in [0.3, 0.4) is 0 Å². The molecule has 0 aromatic carbocycles. The number of hydrogen-bond donors (Lipinski definition) is 2. The molecule has 3 aromatic heterocycles. The number of hydrogen-bond acceptors (Lipinski definition) is 3. The second-order valence-corrected chi connectivity index (χ2v) is 4.72. The predicted octanol–water partition coefficient (Wildman–Crippen LogP) is 1.94. The average molecular weight is 255 g/mol. The van der Waals surface area contributed by atoms with Gasteiger partial charge < -0.3 is 10.3 Å². The van der Waals surface area contributed by atoms with Crippen LogP contribution < -0.4 is 5.32 Å². The van der Waals surface area contributed by atoms with Crippen LogP contribution in [0, 0.1) is 0 Å². The number of fused-ring (bicyclic) bond motifs is 1. The van der Waals surface area contributed by atoms with Gasteiger partial charge in [0.15, 0.2) is 0 Å². The summed E-state index contributed by atoms with van der Waals surface area (Å²) >= 11 is 0. The number of H-pyrrole nitrogens is 1. The number of nitrogens with one attached hydrogen (secondary N) is 2. The molecule has 0 saturated heterocycles. The van der Waals surface area contributed by atoms with Crippen molar-refractivity contribution in [1.82, 2.24) is 25.1 Å². The predicted molar refractivity (Wildman–Crippen MR) is 74.6 cm³/mol. The van der Waals surface area contributed by atoms with Crippen molar-refractivity contribution in [2.45, 2.75) is 26.1 Å². The fourth-order valence-electron chi connectivity index (χ4n) is 2.20. The van der Waals surface area contributed by atoms with Crippen LogP contribution in [0.1, 0.15) is 12.5 Å². The number of aromatic amines is 1. The second-order valence-electron chi connectivity index (χ2n) is 4.72. The van der Waals surface area contributed by atoms with Gasteiger partial charge in [-0.1, -0.05) is 0 Å². The number of rotatable bonds is 5. The van der Waals surface area contributed by atoms with Crippen molar-refractivity contribution in [2.24, 2.45) is 0 Å². The van der Waals surface area contributed by atoms with Crippen LogP contribution in [-0.2, 0) is 13.1 Å². The van der Waals surface area contributed by atoms with Gasteiger partial charge in [-0.2, -0.15) is 5.10 Å². The molecule has 1 atom stereocenters. The Labute approximate surface area is 111 Å². The summed E-state index contributed by atoms with van der Waals surface area (Å²) in [6, 6.07) is 6.36. The molecule has 0 amide bonds. The van der Waals surface area contributed by atoms with Crippen molar-refractivity contribution >= 4 is 11.0 Å². The van der Waals surface area contributed by atoms with E-state index >= 15 is 0 Å². The van der Waals surface area contributed by atoms with Crippen molar-refractivity contribution in [3.05, 3.63) is 48.5 Å². The maximum absolute atomic E-state index is 4.29. The monoisotopic (exact) mass is 255 g/mol. The van der Waals surface area contributed by atoms with E-state index in [1.54, 1.807) is 12.4 Å². The standard InChI is InChI=1S/C14H17N5/c1-11(10-19-7-3-6-18-19)16-8-12-9-17-14-13(12)4-2-5-15-14/h2-7,9,11,16H,8,10H2,1H3,(H,15,17). The Morgan fingerprint density at radius 2 is 2.32 bits per heavy atom. The summed E-state index contributed by atoms with van der Waals surface area (Å²) < 4.78 is 1.94. The van der Waals surface area contributed by atoms with E-state index in [2.05, 4.69) is 33.4 Å². The van der Waals surface area contributed by atoms with Gasteiger partial charge in [0.25, 0.3) is 0 Å². The second kappa shape index (κ2) is 5.24. The Balaban J connectivity index is 1.62. The molecule has 0 spiro atoms. The third kappa shape index (κ3) is 2.66. The molecule has 5 nitrogen and oxygen atoms in total. The van der Waals surface area contributed by atoms with Gasteiger partial charge in [0.1, 0.15) is 5.65 Å². The van der Waals surface area contributed by atoms with Crippen LogP contribution in [0.15, 0.2) is 43.0 Å². The smallest absolute Gasteiger partial charge is 0.137 e. The maximum atomic E-state index is 4.29. The van der Waals surface area contributed by atoms with Crippen molar-refractivity contribution in [3.8, 4) is 0 Å². The van der Waals surface area contributed by atoms with Gasteiger partial charge in [0, 0.05) is 42.8 Å². The SMILES string of the molecule is CC(Cn1cccn1)NCc1c[nH]c2ncccc12. The fraction of sp³-hybridized carbons (Fsp3) is 0.286. The normalized spacial score (nSPS) is 12.9. The molecular weight excluding hydrogens is 238 g/mol. The molecule has 3 aromatic rings. The highest BCUT2D eigenvalue weighted by Gasteiger charge is 2.06. The highest BCUT2D eigenvalue weighted by molar-refractivity contribution is 5.79. The molecule has 0 radical (unpaired) electrons. The zero-order valence-electron chi connectivity index (χ0n) is 10.9. The molecule has 3 rings (SSSR count). The lowest BCUT2D eigenvalue weighted by molar-refractivity contribution is 0.451. The van der Waals surface area contributed by atoms with Crippen molar-refractivity contribution < 1.29 is 0 Å². The molecule has 0 bridgehead atoms. The van der Waals surface area contributed by atoms with Crippen LogP contribution >= 0.6 is 0 Å². The van der Waals surface area contributed by atoms with Gasteiger partial charge in [0.05, 0.1) is 6.54 Å². The van der Waals surface area contributed by atoms with Crippen LogP contribution in [0.5, 0.6) is 0 Å². The van der Waals surface area contributed by atoms with Gasteiger partial charge in [-0.3, -0.25) is 4.68 Å². The van der Waals surface area contributed by atoms with E-state index in [-0.39, 0.29) is 0 Å². The summed E-state index contributed by atoms with van der Waals surface area (Å²) in [5.41, 5.74) is 2.19. The molecule has 0 saturated carbocycles. The highest BCUT2D eigenvalue weighted by atomic mass is 15.3. The minimum Gasteiger partial charge on any atom is -0.346 e. The Bertz CT molecular complexity index is 641. The Hall–Kier alpha value is -2.14. The molecule has 0 fully saturated rings. The van der Waals surface area contributed by atoms with E-state index in [1.807, 2.05) is 29.2 Å². The lowest BCUT2D eigenvalue weighted by Crippen LogP contribution is -2.30. The first-order valence-electron chi connectivity index (χ1n) is 6.45. The lowest BCUT2D eigenvalue weighted by atomic mass is 10.2. The van der Waals surface area contributed by atoms with Crippen LogP contribution in [0.25, 0.3) is 11.0 Å². The fourth-order valence-corrected chi connectivity index (χ4v) is 2.20. The molecule has 0 aliphatic carbocycles. The van der Waals surface area contributed by atoms with Gasteiger partial charge in [-0.05, 0) is 30.7 Å². The van der Waals surface area contributed by atoms with E-state index in [0.717, 1.165) is 18.7 Å². The summed E-state index contributed by atoms with van der Waals surface area (Å²) in [4.78, 5) is 7.48. The zero-order valence-corrected chi connectivity index (χ0v) is 10.9. The third-order valence-corrected chi connectivity index (χ3v) is 3.20. The van der Waals surface area contributed by atoms with Crippen LogP contribution in [0.4, 0.5) is 0 Å². The van der Waals surface area contributed by atoms with E-state index in [4.69, 9.17) is 0 Å². The molecular formula is C14H17N5. The average Bonchev–Trinajstić information content (AvgIpc) is 3.05.